The fourth-order valence-corrected chi connectivity index (χ4v) is 3.70. The number of benzene rings is 2. The average molecular weight is 304 g/mol. The molecule has 20 heavy (non-hydrogen) atoms. The second-order valence-electron chi connectivity index (χ2n) is 4.62. The van der Waals surface area contributed by atoms with Gasteiger partial charge in [0.1, 0.15) is 0 Å². The van der Waals surface area contributed by atoms with E-state index in [9.17, 15) is 9.59 Å². The van der Waals surface area contributed by atoms with Crippen molar-refractivity contribution in [1.29, 1.82) is 0 Å². The molecule has 0 fully saturated rings. The third kappa shape index (κ3) is 1.76. The number of hydrogen-bond acceptors (Lipinski definition) is 3. The zero-order valence-corrected chi connectivity index (χ0v) is 11.9. The lowest BCUT2D eigenvalue weighted by atomic mass is 9.98. The summed E-state index contributed by atoms with van der Waals surface area (Å²) in [4.78, 5) is 24.7. The van der Waals surface area contributed by atoms with Crippen molar-refractivity contribution >= 4 is 52.3 Å². The maximum atomic E-state index is 11.9. The molecule has 3 nitrogen and oxygen atoms in total. The number of rotatable bonds is 0. The van der Waals surface area contributed by atoms with Crippen LogP contribution in [0.1, 0.15) is 5.56 Å². The second-order valence-corrected chi connectivity index (χ2v) is 5.64. The van der Waals surface area contributed by atoms with E-state index in [-0.39, 0.29) is 24.2 Å². The number of imide groups is 1. The van der Waals surface area contributed by atoms with Gasteiger partial charge in [-0.05, 0) is 22.9 Å². The Morgan fingerprint density at radius 2 is 1.70 bits per heavy atom. The molecule has 100 valence electrons. The summed E-state index contributed by atoms with van der Waals surface area (Å²) in [5.74, 6) is 0.0567. The highest BCUT2D eigenvalue weighted by molar-refractivity contribution is 7.99. The van der Waals surface area contributed by atoms with Gasteiger partial charge in [0.05, 0.1) is 5.57 Å². The third-order valence-corrected chi connectivity index (χ3v) is 4.60. The minimum Gasteiger partial charge on any atom is -0.288 e. The number of amides is 2. The predicted molar refractivity (Wildman–Crippen MR) is 82.0 cm³/mol. The Balaban J connectivity index is 0.00000121. The summed E-state index contributed by atoms with van der Waals surface area (Å²) in [6.45, 7) is 0. The van der Waals surface area contributed by atoms with Crippen LogP contribution in [-0.2, 0) is 9.59 Å². The van der Waals surface area contributed by atoms with Crippen molar-refractivity contribution in [1.82, 2.24) is 5.32 Å². The molecule has 2 heterocycles. The Morgan fingerprint density at radius 3 is 2.45 bits per heavy atom. The topological polar surface area (TPSA) is 46.2 Å². The van der Waals surface area contributed by atoms with Gasteiger partial charge < -0.3 is 0 Å². The van der Waals surface area contributed by atoms with Crippen LogP contribution in [0.4, 0.5) is 0 Å². The molecule has 2 aliphatic heterocycles. The van der Waals surface area contributed by atoms with Gasteiger partial charge in [0, 0.05) is 21.8 Å². The summed E-state index contributed by atoms with van der Waals surface area (Å²) in [7, 11) is 0. The Hall–Kier alpha value is -1.78. The van der Waals surface area contributed by atoms with Crippen molar-refractivity contribution in [3.63, 3.8) is 0 Å². The van der Waals surface area contributed by atoms with Gasteiger partial charge in [-0.15, -0.1) is 24.2 Å². The molecule has 0 aliphatic carbocycles. The van der Waals surface area contributed by atoms with E-state index in [1.807, 2.05) is 24.3 Å². The number of halogens is 1. The molecule has 0 saturated carbocycles. The van der Waals surface area contributed by atoms with Crippen LogP contribution in [-0.4, -0.2) is 17.6 Å². The van der Waals surface area contributed by atoms with Gasteiger partial charge in [-0.25, -0.2) is 0 Å². The third-order valence-electron chi connectivity index (χ3n) is 3.52. The van der Waals surface area contributed by atoms with Gasteiger partial charge in [-0.3, -0.25) is 14.9 Å². The molecule has 1 N–H and O–H groups in total. The second kappa shape index (κ2) is 4.65. The summed E-state index contributed by atoms with van der Waals surface area (Å²) in [5, 5.41) is 4.62. The number of carbonyl (C=O) groups is 2. The van der Waals surface area contributed by atoms with E-state index in [1.165, 1.54) is 0 Å². The average Bonchev–Trinajstić information content (AvgIpc) is 2.72. The first kappa shape index (κ1) is 13.2. The van der Waals surface area contributed by atoms with Crippen LogP contribution >= 0.6 is 24.2 Å². The Morgan fingerprint density at radius 1 is 1.00 bits per heavy atom. The van der Waals surface area contributed by atoms with Crippen molar-refractivity contribution in [3.05, 3.63) is 47.5 Å². The van der Waals surface area contributed by atoms with Crippen molar-refractivity contribution in [3.8, 4) is 0 Å². The number of carbonyl (C=O) groups excluding carboxylic acids is 2. The fourth-order valence-electron chi connectivity index (χ4n) is 2.60. The van der Waals surface area contributed by atoms with Crippen molar-refractivity contribution in [2.45, 2.75) is 4.90 Å². The van der Waals surface area contributed by atoms with Gasteiger partial charge in [0.25, 0.3) is 11.8 Å². The first-order valence-corrected chi connectivity index (χ1v) is 6.97. The molecular weight excluding hydrogens is 294 g/mol. The minimum absolute atomic E-state index is 0. The highest BCUT2D eigenvalue weighted by atomic mass is 35.5. The van der Waals surface area contributed by atoms with E-state index in [0.717, 1.165) is 21.2 Å². The van der Waals surface area contributed by atoms with Crippen LogP contribution in [0.25, 0.3) is 16.3 Å². The quantitative estimate of drug-likeness (QED) is 0.761. The van der Waals surface area contributed by atoms with Crippen LogP contribution in [0, 0.1) is 0 Å². The molecule has 5 heteroatoms. The Kier molecular flexibility index (Phi) is 3.07. The van der Waals surface area contributed by atoms with Gasteiger partial charge in [0.15, 0.2) is 0 Å². The smallest absolute Gasteiger partial charge is 0.259 e. The normalized spacial score (nSPS) is 16.6. The van der Waals surface area contributed by atoms with Crippen molar-refractivity contribution in [2.24, 2.45) is 0 Å². The molecule has 2 amide bonds. The highest BCUT2D eigenvalue weighted by Gasteiger charge is 2.35. The lowest BCUT2D eigenvalue weighted by molar-refractivity contribution is -0.123. The molecule has 2 aromatic rings. The van der Waals surface area contributed by atoms with Gasteiger partial charge >= 0.3 is 0 Å². The summed E-state index contributed by atoms with van der Waals surface area (Å²) < 4.78 is 0. The lowest BCUT2D eigenvalue weighted by Gasteiger charge is -2.16. The van der Waals surface area contributed by atoms with E-state index in [2.05, 4.69) is 17.4 Å². The van der Waals surface area contributed by atoms with Crippen molar-refractivity contribution < 1.29 is 9.59 Å². The maximum Gasteiger partial charge on any atom is 0.259 e. The van der Waals surface area contributed by atoms with Gasteiger partial charge in [-0.1, -0.05) is 24.3 Å². The lowest BCUT2D eigenvalue weighted by Crippen LogP contribution is -2.23. The molecule has 0 spiro atoms. The molecule has 0 aromatic heterocycles. The molecule has 0 unspecified atom stereocenters. The zero-order chi connectivity index (χ0) is 13.0. The van der Waals surface area contributed by atoms with E-state index < -0.39 is 0 Å². The van der Waals surface area contributed by atoms with Crippen LogP contribution in [0.3, 0.4) is 0 Å². The largest absolute Gasteiger partial charge is 0.288 e. The van der Waals surface area contributed by atoms with Crippen molar-refractivity contribution in [2.75, 3.05) is 5.75 Å². The van der Waals surface area contributed by atoms with Gasteiger partial charge in [-0.2, -0.15) is 0 Å². The summed E-state index contributed by atoms with van der Waals surface area (Å²) in [5.41, 5.74) is 2.05. The SMILES string of the molecule is Cl.O=C1NC(=O)C2=C1CSc1cc3ccccc3cc12. The van der Waals surface area contributed by atoms with E-state index in [4.69, 9.17) is 0 Å². The summed E-state index contributed by atoms with van der Waals surface area (Å²) >= 11 is 1.61. The molecule has 2 aromatic carbocycles. The fraction of sp³-hybridized carbons (Fsp3) is 0.0667. The highest BCUT2D eigenvalue weighted by Crippen LogP contribution is 2.41. The monoisotopic (exact) mass is 303 g/mol. The van der Waals surface area contributed by atoms with Crippen LogP contribution in [0.2, 0.25) is 0 Å². The number of fused-ring (bicyclic) bond motifs is 3. The van der Waals surface area contributed by atoms with Gasteiger partial charge in [0.2, 0.25) is 0 Å². The maximum absolute atomic E-state index is 11.9. The van der Waals surface area contributed by atoms with E-state index in [0.29, 0.717) is 16.9 Å². The Bertz CT molecular complexity index is 798. The molecule has 4 rings (SSSR count). The Labute approximate surface area is 125 Å². The zero-order valence-electron chi connectivity index (χ0n) is 10.3. The standard InChI is InChI=1S/C15H9NO2S.ClH/c17-14-11-7-19-12-6-9-4-2-1-3-8(9)5-10(12)13(11)15(18)16-14;/h1-6H,7H2,(H,16,17,18);1H. The molecule has 2 aliphatic rings. The molecule has 0 atom stereocenters. The van der Waals surface area contributed by atoms with E-state index in [1.54, 1.807) is 11.8 Å². The molecular formula is C15H10ClNO2S. The van der Waals surface area contributed by atoms with Crippen LogP contribution in [0.15, 0.2) is 46.9 Å². The number of hydrogen-bond donors (Lipinski definition) is 1. The number of nitrogens with one attached hydrogen (secondary N) is 1. The molecule has 0 saturated heterocycles. The van der Waals surface area contributed by atoms with Crippen LogP contribution in [0.5, 0.6) is 0 Å². The summed E-state index contributed by atoms with van der Waals surface area (Å²) in [6, 6.07) is 12.1. The molecule has 0 bridgehead atoms. The summed E-state index contributed by atoms with van der Waals surface area (Å²) in [6.07, 6.45) is 0. The first-order chi connectivity index (χ1) is 9.24. The number of thioether (sulfide) groups is 1. The predicted octanol–water partition coefficient (Wildman–Crippen LogP) is 2.78. The molecule has 0 radical (unpaired) electrons. The van der Waals surface area contributed by atoms with E-state index >= 15 is 0 Å². The first-order valence-electron chi connectivity index (χ1n) is 5.99. The van der Waals surface area contributed by atoms with Crippen LogP contribution < -0.4 is 5.32 Å². The minimum atomic E-state index is -0.267.